The largest absolute Gasteiger partial charge is 0.507 e. The van der Waals surface area contributed by atoms with Gasteiger partial charge in [0.25, 0.3) is 5.69 Å². The summed E-state index contributed by atoms with van der Waals surface area (Å²) < 4.78 is 4.96. The molecule has 0 atom stereocenters. The molecule has 5 nitrogen and oxygen atoms in total. The second-order valence-electron chi connectivity index (χ2n) is 3.14. The van der Waals surface area contributed by atoms with Crippen molar-refractivity contribution < 1.29 is 14.8 Å². The number of hydrogen-bond donors (Lipinski definition) is 1. The first-order valence-corrected chi connectivity index (χ1v) is 4.82. The van der Waals surface area contributed by atoms with Crippen LogP contribution in [0, 0.1) is 10.1 Å². The quantitative estimate of drug-likeness (QED) is 0.484. The molecule has 0 unspecified atom stereocenters. The summed E-state index contributed by atoms with van der Waals surface area (Å²) in [6.45, 7) is 1.84. The van der Waals surface area contributed by atoms with Gasteiger partial charge in [-0.3, -0.25) is 10.1 Å². The van der Waals surface area contributed by atoms with Crippen molar-refractivity contribution in [3.05, 3.63) is 40.0 Å². The lowest BCUT2D eigenvalue weighted by molar-refractivity contribution is -0.385. The molecule has 0 aliphatic rings. The van der Waals surface area contributed by atoms with E-state index in [9.17, 15) is 15.2 Å². The summed E-state index contributed by atoms with van der Waals surface area (Å²) in [5.74, 6) is 0.366. The highest BCUT2D eigenvalue weighted by molar-refractivity contribution is 5.68. The molecule has 1 aromatic rings. The highest BCUT2D eigenvalue weighted by atomic mass is 16.6. The molecule has 0 bridgehead atoms. The molecular weight excluding hydrogens is 210 g/mol. The molecule has 86 valence electrons. The van der Waals surface area contributed by atoms with Gasteiger partial charge in [-0.2, -0.15) is 0 Å². The third-order valence-electron chi connectivity index (χ3n) is 2.07. The zero-order valence-electron chi connectivity index (χ0n) is 9.14. The first kappa shape index (κ1) is 12.0. The van der Waals surface area contributed by atoms with Gasteiger partial charge in [-0.1, -0.05) is 6.92 Å². The lowest BCUT2D eigenvalue weighted by atomic mass is 10.1. The van der Waals surface area contributed by atoms with Crippen LogP contribution in [0.25, 0.3) is 5.76 Å². The van der Waals surface area contributed by atoms with Gasteiger partial charge >= 0.3 is 0 Å². The van der Waals surface area contributed by atoms with Crippen molar-refractivity contribution in [3.63, 3.8) is 0 Å². The van der Waals surface area contributed by atoms with Gasteiger partial charge < -0.3 is 9.84 Å². The van der Waals surface area contributed by atoms with Crippen molar-refractivity contribution in [2.75, 3.05) is 7.11 Å². The van der Waals surface area contributed by atoms with E-state index in [1.807, 2.05) is 6.92 Å². The number of ether oxygens (including phenoxy) is 1. The molecular formula is C11H13NO4. The summed E-state index contributed by atoms with van der Waals surface area (Å²) in [6, 6.07) is 4.24. The maximum Gasteiger partial charge on any atom is 0.280 e. The van der Waals surface area contributed by atoms with Crippen molar-refractivity contribution in [1.82, 2.24) is 0 Å². The Morgan fingerprint density at radius 1 is 1.62 bits per heavy atom. The van der Waals surface area contributed by atoms with Crippen molar-refractivity contribution in [2.24, 2.45) is 0 Å². The van der Waals surface area contributed by atoms with Gasteiger partial charge in [0.2, 0.25) is 0 Å². The average molecular weight is 223 g/mol. The van der Waals surface area contributed by atoms with Crippen LogP contribution in [-0.4, -0.2) is 17.1 Å². The Labute approximate surface area is 93.1 Å². The molecule has 1 N–H and O–H groups in total. The van der Waals surface area contributed by atoms with Crippen LogP contribution in [0.5, 0.6) is 5.75 Å². The number of rotatable bonds is 4. The summed E-state index contributed by atoms with van der Waals surface area (Å²) in [6.07, 6.45) is 2.11. The standard InChI is InChI=1S/C11H13NO4/c1-3-4-11(13)9-7-8(16-2)5-6-10(9)12(14)15/h4-7,13H,3H2,1-2H3/b11-4+. The Balaban J connectivity index is 3.31. The third-order valence-corrected chi connectivity index (χ3v) is 2.07. The van der Waals surface area contributed by atoms with Gasteiger partial charge in [0.15, 0.2) is 0 Å². The van der Waals surface area contributed by atoms with Gasteiger partial charge in [0.1, 0.15) is 11.5 Å². The number of methoxy groups -OCH3 is 1. The van der Waals surface area contributed by atoms with Crippen LogP contribution in [0.3, 0.4) is 0 Å². The van der Waals surface area contributed by atoms with E-state index in [-0.39, 0.29) is 17.0 Å². The molecule has 0 spiro atoms. The van der Waals surface area contributed by atoms with E-state index in [0.717, 1.165) is 0 Å². The van der Waals surface area contributed by atoms with Gasteiger partial charge in [-0.05, 0) is 24.6 Å². The van der Waals surface area contributed by atoms with Crippen molar-refractivity contribution in [3.8, 4) is 5.75 Å². The maximum atomic E-state index is 10.8. The molecule has 0 radical (unpaired) electrons. The molecule has 0 amide bonds. The fraction of sp³-hybridized carbons (Fsp3) is 0.273. The highest BCUT2D eigenvalue weighted by Gasteiger charge is 2.17. The Morgan fingerprint density at radius 2 is 2.31 bits per heavy atom. The summed E-state index contributed by atoms with van der Waals surface area (Å²) in [4.78, 5) is 10.2. The van der Waals surface area contributed by atoms with E-state index >= 15 is 0 Å². The molecule has 0 heterocycles. The SMILES string of the molecule is CC/C=C(/O)c1cc(OC)ccc1[N+](=O)[O-]. The van der Waals surface area contributed by atoms with Gasteiger partial charge in [-0.25, -0.2) is 0 Å². The van der Waals surface area contributed by atoms with E-state index in [1.54, 1.807) is 0 Å². The zero-order chi connectivity index (χ0) is 12.1. The normalized spacial score (nSPS) is 11.2. The van der Waals surface area contributed by atoms with Crippen molar-refractivity contribution in [1.29, 1.82) is 0 Å². The number of nitrogens with zero attached hydrogens (tertiary/aromatic N) is 1. The minimum atomic E-state index is -0.533. The predicted molar refractivity (Wildman–Crippen MR) is 60.5 cm³/mol. The minimum Gasteiger partial charge on any atom is -0.507 e. The van der Waals surface area contributed by atoms with E-state index in [4.69, 9.17) is 4.74 Å². The summed E-state index contributed by atoms with van der Waals surface area (Å²) in [5.41, 5.74) is 0.0363. The van der Waals surface area contributed by atoms with Crippen molar-refractivity contribution in [2.45, 2.75) is 13.3 Å². The first-order valence-electron chi connectivity index (χ1n) is 4.82. The molecule has 0 aliphatic heterocycles. The van der Waals surface area contributed by atoms with Crippen LogP contribution in [0.15, 0.2) is 24.3 Å². The summed E-state index contributed by atoms with van der Waals surface area (Å²) >= 11 is 0. The number of allylic oxidation sites excluding steroid dienone is 1. The first-order chi connectivity index (χ1) is 7.60. The fourth-order valence-corrected chi connectivity index (χ4v) is 1.31. The molecule has 16 heavy (non-hydrogen) atoms. The number of aliphatic hydroxyl groups is 1. The van der Waals surface area contributed by atoms with Crippen LogP contribution in [0.1, 0.15) is 18.9 Å². The molecule has 1 rings (SSSR count). The lowest BCUT2D eigenvalue weighted by Crippen LogP contribution is -1.96. The van der Waals surface area contributed by atoms with Crippen LogP contribution >= 0.6 is 0 Å². The smallest absolute Gasteiger partial charge is 0.280 e. The Morgan fingerprint density at radius 3 is 2.81 bits per heavy atom. The van der Waals surface area contributed by atoms with E-state index in [0.29, 0.717) is 12.2 Å². The fourth-order valence-electron chi connectivity index (χ4n) is 1.31. The lowest BCUT2D eigenvalue weighted by Gasteiger charge is -2.05. The maximum absolute atomic E-state index is 10.8. The molecule has 0 aromatic heterocycles. The Kier molecular flexibility index (Phi) is 3.88. The molecule has 0 aliphatic carbocycles. The van der Waals surface area contributed by atoms with E-state index in [2.05, 4.69) is 0 Å². The second kappa shape index (κ2) is 5.16. The van der Waals surface area contributed by atoms with Crippen LogP contribution in [0.4, 0.5) is 5.69 Å². The van der Waals surface area contributed by atoms with Crippen LogP contribution in [-0.2, 0) is 0 Å². The summed E-state index contributed by atoms with van der Waals surface area (Å²) in [7, 11) is 1.46. The average Bonchev–Trinajstić information content (AvgIpc) is 2.28. The topological polar surface area (TPSA) is 72.6 Å². The number of hydrogen-bond acceptors (Lipinski definition) is 4. The zero-order valence-corrected chi connectivity index (χ0v) is 9.14. The monoisotopic (exact) mass is 223 g/mol. The van der Waals surface area contributed by atoms with Gasteiger partial charge in [0.05, 0.1) is 17.6 Å². The van der Waals surface area contributed by atoms with Crippen LogP contribution < -0.4 is 4.74 Å². The van der Waals surface area contributed by atoms with Crippen molar-refractivity contribution >= 4 is 11.4 Å². The number of aliphatic hydroxyl groups excluding tert-OH is 1. The molecule has 0 fully saturated rings. The van der Waals surface area contributed by atoms with Gasteiger partial charge in [0, 0.05) is 6.07 Å². The molecule has 0 saturated carbocycles. The Hall–Kier alpha value is -2.04. The molecule has 0 saturated heterocycles. The number of nitro groups is 1. The molecule has 5 heteroatoms. The minimum absolute atomic E-state index is 0.104. The predicted octanol–water partition coefficient (Wildman–Crippen LogP) is 2.91. The van der Waals surface area contributed by atoms with E-state index < -0.39 is 4.92 Å². The number of benzene rings is 1. The van der Waals surface area contributed by atoms with Gasteiger partial charge in [-0.15, -0.1) is 0 Å². The third kappa shape index (κ3) is 2.50. The number of nitro benzene ring substituents is 1. The Bertz CT molecular complexity index is 426. The van der Waals surface area contributed by atoms with E-state index in [1.165, 1.54) is 31.4 Å². The van der Waals surface area contributed by atoms with Crippen LogP contribution in [0.2, 0.25) is 0 Å². The summed E-state index contributed by atoms with van der Waals surface area (Å²) in [5, 5.41) is 20.4. The molecule has 1 aromatic carbocycles. The highest BCUT2D eigenvalue weighted by Crippen LogP contribution is 2.28. The second-order valence-corrected chi connectivity index (χ2v) is 3.14.